The van der Waals surface area contributed by atoms with Crippen LogP contribution in [0.3, 0.4) is 0 Å². The summed E-state index contributed by atoms with van der Waals surface area (Å²) in [7, 11) is 3.36. The number of nitrogens with one attached hydrogen (secondary N) is 1. The lowest BCUT2D eigenvalue weighted by molar-refractivity contribution is 0.101. The Morgan fingerprint density at radius 1 is 1.15 bits per heavy atom. The van der Waals surface area contributed by atoms with Crippen molar-refractivity contribution in [2.45, 2.75) is 6.92 Å². The van der Waals surface area contributed by atoms with Crippen molar-refractivity contribution in [2.75, 3.05) is 19.0 Å². The number of hydrogen-bond acceptors (Lipinski definition) is 4. The van der Waals surface area contributed by atoms with Gasteiger partial charge in [-0.25, -0.2) is 0 Å². The molecule has 3 aromatic rings. The molecule has 26 heavy (non-hydrogen) atoms. The van der Waals surface area contributed by atoms with Gasteiger partial charge in [0.05, 0.1) is 25.1 Å². The molecule has 0 aliphatic carbocycles. The second kappa shape index (κ2) is 7.74. The van der Waals surface area contributed by atoms with Gasteiger partial charge >= 0.3 is 0 Å². The number of methoxy groups -OCH3 is 1. The van der Waals surface area contributed by atoms with E-state index in [1.165, 1.54) is 0 Å². The molecule has 0 radical (unpaired) electrons. The van der Waals surface area contributed by atoms with Gasteiger partial charge in [-0.2, -0.15) is 5.10 Å². The molecule has 6 heteroatoms. The van der Waals surface area contributed by atoms with Crippen molar-refractivity contribution >= 4 is 11.6 Å². The lowest BCUT2D eigenvalue weighted by Gasteiger charge is -2.11. The second-order valence-electron chi connectivity index (χ2n) is 5.65. The molecule has 0 saturated carbocycles. The fraction of sp³-hybridized carbons (Fsp3) is 0.200. The third kappa shape index (κ3) is 3.69. The summed E-state index contributed by atoms with van der Waals surface area (Å²) in [4.78, 5) is 12.7. The van der Waals surface area contributed by atoms with Gasteiger partial charge in [-0.3, -0.25) is 9.48 Å². The molecule has 0 fully saturated rings. The third-order valence-electron chi connectivity index (χ3n) is 3.91. The molecule has 1 heterocycles. The Morgan fingerprint density at radius 2 is 1.96 bits per heavy atom. The minimum absolute atomic E-state index is 0.249. The smallest absolute Gasteiger partial charge is 0.274 e. The number of aryl methyl sites for hydroxylation is 1. The summed E-state index contributed by atoms with van der Waals surface area (Å²) < 4.78 is 12.4. The van der Waals surface area contributed by atoms with Gasteiger partial charge in [0.2, 0.25) is 0 Å². The number of rotatable bonds is 6. The summed E-state index contributed by atoms with van der Waals surface area (Å²) in [6.45, 7) is 2.43. The van der Waals surface area contributed by atoms with Crippen LogP contribution in [0.25, 0.3) is 11.3 Å². The highest BCUT2D eigenvalue weighted by atomic mass is 16.5. The number of hydrogen-bond donors (Lipinski definition) is 1. The minimum atomic E-state index is -0.249. The standard InChI is InChI=1S/C20H21N3O3/c1-4-26-19-11-6-5-10-16(19)21-20(24)18-13-17(22-23(18)2)14-8-7-9-15(12-14)25-3/h5-13H,4H2,1-3H3,(H,21,24). The van der Waals surface area contributed by atoms with E-state index in [4.69, 9.17) is 9.47 Å². The number of para-hydroxylation sites is 2. The van der Waals surface area contributed by atoms with E-state index in [9.17, 15) is 4.79 Å². The second-order valence-corrected chi connectivity index (χ2v) is 5.65. The summed E-state index contributed by atoms with van der Waals surface area (Å²) in [6, 6.07) is 16.7. The molecule has 0 bridgehead atoms. The maximum Gasteiger partial charge on any atom is 0.274 e. The van der Waals surface area contributed by atoms with Crippen LogP contribution in [0.1, 0.15) is 17.4 Å². The first-order valence-corrected chi connectivity index (χ1v) is 8.34. The Morgan fingerprint density at radius 3 is 2.73 bits per heavy atom. The maximum atomic E-state index is 12.7. The average Bonchev–Trinajstić information content (AvgIpc) is 3.05. The minimum Gasteiger partial charge on any atom is -0.497 e. The van der Waals surface area contributed by atoms with Crippen LogP contribution < -0.4 is 14.8 Å². The summed E-state index contributed by atoms with van der Waals surface area (Å²) in [5.41, 5.74) is 2.67. The summed E-state index contributed by atoms with van der Waals surface area (Å²) >= 11 is 0. The van der Waals surface area contributed by atoms with E-state index in [1.54, 1.807) is 24.9 Å². The summed E-state index contributed by atoms with van der Waals surface area (Å²) in [5, 5.41) is 7.34. The molecule has 1 N–H and O–H groups in total. The van der Waals surface area contributed by atoms with Gasteiger partial charge in [0.25, 0.3) is 5.91 Å². The van der Waals surface area contributed by atoms with Crippen LogP contribution in [-0.2, 0) is 7.05 Å². The van der Waals surface area contributed by atoms with Crippen molar-refractivity contribution in [2.24, 2.45) is 7.05 Å². The first-order valence-electron chi connectivity index (χ1n) is 8.34. The molecule has 1 aromatic heterocycles. The van der Waals surface area contributed by atoms with E-state index in [1.807, 2.05) is 55.5 Å². The highest BCUT2D eigenvalue weighted by Crippen LogP contribution is 2.26. The van der Waals surface area contributed by atoms with Crippen LogP contribution in [0, 0.1) is 0 Å². The van der Waals surface area contributed by atoms with E-state index in [2.05, 4.69) is 10.4 Å². The van der Waals surface area contributed by atoms with Crippen molar-refractivity contribution in [3.63, 3.8) is 0 Å². The van der Waals surface area contributed by atoms with E-state index >= 15 is 0 Å². The van der Waals surface area contributed by atoms with Gasteiger partial charge in [0.15, 0.2) is 0 Å². The highest BCUT2D eigenvalue weighted by Gasteiger charge is 2.16. The zero-order valence-corrected chi connectivity index (χ0v) is 15.0. The Bertz CT molecular complexity index is 918. The van der Waals surface area contributed by atoms with E-state index in [0.29, 0.717) is 29.4 Å². The fourth-order valence-corrected chi connectivity index (χ4v) is 2.64. The molecule has 2 aromatic carbocycles. The van der Waals surface area contributed by atoms with Gasteiger partial charge in [0, 0.05) is 12.6 Å². The lowest BCUT2D eigenvalue weighted by atomic mass is 10.1. The van der Waals surface area contributed by atoms with Crippen molar-refractivity contribution < 1.29 is 14.3 Å². The Balaban J connectivity index is 1.86. The molecule has 134 valence electrons. The largest absolute Gasteiger partial charge is 0.497 e. The topological polar surface area (TPSA) is 65.4 Å². The van der Waals surface area contributed by atoms with Crippen LogP contribution in [-0.4, -0.2) is 29.4 Å². The van der Waals surface area contributed by atoms with Crippen LogP contribution in [0.4, 0.5) is 5.69 Å². The van der Waals surface area contributed by atoms with Crippen LogP contribution in [0.15, 0.2) is 54.6 Å². The molecule has 0 aliphatic rings. The Kier molecular flexibility index (Phi) is 5.22. The van der Waals surface area contributed by atoms with Gasteiger partial charge in [-0.1, -0.05) is 24.3 Å². The molecule has 0 aliphatic heterocycles. The fourth-order valence-electron chi connectivity index (χ4n) is 2.64. The Hall–Kier alpha value is -3.28. The highest BCUT2D eigenvalue weighted by molar-refractivity contribution is 6.04. The summed E-state index contributed by atoms with van der Waals surface area (Å²) in [5.74, 6) is 1.13. The molecule has 0 spiro atoms. The molecule has 0 atom stereocenters. The lowest BCUT2D eigenvalue weighted by Crippen LogP contribution is -2.16. The first kappa shape index (κ1) is 17.5. The number of nitrogens with zero attached hydrogens (tertiary/aromatic N) is 2. The van der Waals surface area contributed by atoms with E-state index < -0.39 is 0 Å². The number of aromatic nitrogens is 2. The third-order valence-corrected chi connectivity index (χ3v) is 3.91. The number of carbonyl (C=O) groups is 1. The SMILES string of the molecule is CCOc1ccccc1NC(=O)c1cc(-c2cccc(OC)c2)nn1C. The predicted molar refractivity (Wildman–Crippen MR) is 101 cm³/mol. The first-order chi connectivity index (χ1) is 12.6. The van der Waals surface area contributed by atoms with Gasteiger partial charge < -0.3 is 14.8 Å². The zero-order valence-electron chi connectivity index (χ0n) is 15.0. The van der Waals surface area contributed by atoms with Crippen LogP contribution in [0.5, 0.6) is 11.5 Å². The number of amides is 1. The predicted octanol–water partition coefficient (Wildman–Crippen LogP) is 3.75. The van der Waals surface area contributed by atoms with Crippen molar-refractivity contribution in [1.29, 1.82) is 0 Å². The van der Waals surface area contributed by atoms with Crippen LogP contribution in [0.2, 0.25) is 0 Å². The van der Waals surface area contributed by atoms with Gasteiger partial charge in [-0.15, -0.1) is 0 Å². The number of anilines is 1. The normalized spacial score (nSPS) is 10.4. The van der Waals surface area contributed by atoms with Crippen molar-refractivity contribution in [3.05, 3.63) is 60.3 Å². The van der Waals surface area contributed by atoms with E-state index in [-0.39, 0.29) is 5.91 Å². The maximum absolute atomic E-state index is 12.7. The van der Waals surface area contributed by atoms with Crippen molar-refractivity contribution in [3.8, 4) is 22.8 Å². The molecule has 0 unspecified atom stereocenters. The molecule has 6 nitrogen and oxygen atoms in total. The number of benzene rings is 2. The average molecular weight is 351 g/mol. The van der Waals surface area contributed by atoms with E-state index in [0.717, 1.165) is 11.3 Å². The Labute approximate surface area is 152 Å². The monoisotopic (exact) mass is 351 g/mol. The molecule has 0 saturated heterocycles. The number of ether oxygens (including phenoxy) is 2. The molecule has 3 rings (SSSR count). The van der Waals surface area contributed by atoms with Crippen LogP contribution >= 0.6 is 0 Å². The van der Waals surface area contributed by atoms with Crippen molar-refractivity contribution in [1.82, 2.24) is 9.78 Å². The zero-order chi connectivity index (χ0) is 18.5. The molecular weight excluding hydrogens is 330 g/mol. The quantitative estimate of drug-likeness (QED) is 0.735. The molecular formula is C20H21N3O3. The number of carbonyl (C=O) groups excluding carboxylic acids is 1. The molecule has 1 amide bonds. The summed E-state index contributed by atoms with van der Waals surface area (Å²) in [6.07, 6.45) is 0. The van der Waals surface area contributed by atoms with Gasteiger partial charge in [0.1, 0.15) is 17.2 Å². The van der Waals surface area contributed by atoms with Gasteiger partial charge in [-0.05, 0) is 37.3 Å².